The van der Waals surface area contributed by atoms with Crippen LogP contribution < -0.4 is 5.32 Å². The molecule has 0 aliphatic heterocycles. The molecule has 0 unspecified atom stereocenters. The molecular weight excluding hydrogens is 222 g/mol. The zero-order chi connectivity index (χ0) is 13.5. The summed E-state index contributed by atoms with van der Waals surface area (Å²) in [6.07, 6.45) is 3.35. The zero-order valence-electron chi connectivity index (χ0n) is 11.4. The molecule has 0 heterocycles. The van der Waals surface area contributed by atoms with Crippen LogP contribution in [0.3, 0.4) is 0 Å². The van der Waals surface area contributed by atoms with Crippen LogP contribution in [0.15, 0.2) is 43.0 Å². The maximum absolute atomic E-state index is 11.7. The van der Waals surface area contributed by atoms with E-state index in [1.54, 1.807) is 12.2 Å². The quantitative estimate of drug-likeness (QED) is 0.623. The van der Waals surface area contributed by atoms with Gasteiger partial charge in [0.2, 0.25) is 5.91 Å². The lowest BCUT2D eigenvalue weighted by atomic mass is 9.94. The second-order valence-corrected chi connectivity index (χ2v) is 4.65. The number of hydrogen-bond acceptors (Lipinski definition) is 1. The van der Waals surface area contributed by atoms with E-state index in [-0.39, 0.29) is 5.91 Å². The monoisotopic (exact) mass is 243 g/mol. The van der Waals surface area contributed by atoms with Crippen molar-refractivity contribution in [3.8, 4) is 0 Å². The summed E-state index contributed by atoms with van der Waals surface area (Å²) in [5.41, 5.74) is 3.37. The van der Waals surface area contributed by atoms with Crippen molar-refractivity contribution in [1.29, 1.82) is 0 Å². The molecule has 0 saturated heterocycles. The van der Waals surface area contributed by atoms with E-state index in [1.807, 2.05) is 0 Å². The third kappa shape index (κ3) is 4.21. The molecular formula is C16H21NO. The molecule has 96 valence electrons. The Morgan fingerprint density at radius 2 is 1.94 bits per heavy atom. The molecule has 0 radical (unpaired) electrons. The molecule has 0 aliphatic carbocycles. The Morgan fingerprint density at radius 1 is 1.33 bits per heavy atom. The van der Waals surface area contributed by atoms with Gasteiger partial charge in [-0.2, -0.15) is 0 Å². The standard InChI is InChI=1S/C16H21NO/c1-5-10-17-16(18)11-15(12(2)3)14-8-6-13(4)7-9-14/h5-9,11-12H,1,10H2,2-4H3,(H,17,18)/b15-11+. The molecule has 1 amide bonds. The molecule has 18 heavy (non-hydrogen) atoms. The van der Waals surface area contributed by atoms with Crippen LogP contribution in [0.5, 0.6) is 0 Å². The summed E-state index contributed by atoms with van der Waals surface area (Å²) < 4.78 is 0. The zero-order valence-corrected chi connectivity index (χ0v) is 11.4. The number of nitrogens with one attached hydrogen (secondary N) is 1. The number of benzene rings is 1. The van der Waals surface area contributed by atoms with Gasteiger partial charge in [-0.3, -0.25) is 4.79 Å². The number of hydrogen-bond donors (Lipinski definition) is 1. The van der Waals surface area contributed by atoms with E-state index in [4.69, 9.17) is 0 Å². The lowest BCUT2D eigenvalue weighted by Crippen LogP contribution is -2.21. The summed E-state index contributed by atoms with van der Waals surface area (Å²) >= 11 is 0. The number of amides is 1. The van der Waals surface area contributed by atoms with Gasteiger partial charge in [0.1, 0.15) is 0 Å². The number of aryl methyl sites for hydroxylation is 1. The van der Waals surface area contributed by atoms with E-state index < -0.39 is 0 Å². The first-order chi connectivity index (χ1) is 8.54. The third-order valence-electron chi connectivity index (χ3n) is 2.71. The average Bonchev–Trinajstić information content (AvgIpc) is 2.34. The fourth-order valence-electron chi connectivity index (χ4n) is 1.69. The normalized spacial score (nSPS) is 11.4. The van der Waals surface area contributed by atoms with Crippen molar-refractivity contribution in [2.75, 3.05) is 6.54 Å². The summed E-state index contributed by atoms with van der Waals surface area (Å²) in [5.74, 6) is 0.237. The number of carbonyl (C=O) groups excluding carboxylic acids is 1. The summed E-state index contributed by atoms with van der Waals surface area (Å²) in [7, 11) is 0. The molecule has 2 nitrogen and oxygen atoms in total. The van der Waals surface area contributed by atoms with Gasteiger partial charge in [-0.05, 0) is 24.0 Å². The van der Waals surface area contributed by atoms with Gasteiger partial charge in [0.05, 0.1) is 0 Å². The fourth-order valence-corrected chi connectivity index (χ4v) is 1.69. The highest BCUT2D eigenvalue weighted by molar-refractivity contribution is 5.95. The van der Waals surface area contributed by atoms with Gasteiger partial charge in [0.15, 0.2) is 0 Å². The number of allylic oxidation sites excluding steroid dienone is 1. The second-order valence-electron chi connectivity index (χ2n) is 4.65. The van der Waals surface area contributed by atoms with Gasteiger partial charge in [0, 0.05) is 12.6 Å². The first-order valence-electron chi connectivity index (χ1n) is 6.22. The fraction of sp³-hybridized carbons (Fsp3) is 0.312. The van der Waals surface area contributed by atoms with Crippen LogP contribution in [-0.2, 0) is 4.79 Å². The van der Waals surface area contributed by atoms with Gasteiger partial charge in [-0.25, -0.2) is 0 Å². The van der Waals surface area contributed by atoms with Gasteiger partial charge in [0.25, 0.3) is 0 Å². The Hall–Kier alpha value is -1.83. The van der Waals surface area contributed by atoms with Crippen molar-refractivity contribution in [1.82, 2.24) is 5.32 Å². The molecule has 0 aromatic heterocycles. The van der Waals surface area contributed by atoms with Crippen LogP contribution in [0.25, 0.3) is 5.57 Å². The first-order valence-corrected chi connectivity index (χ1v) is 6.22. The van der Waals surface area contributed by atoms with Crippen molar-refractivity contribution in [2.24, 2.45) is 5.92 Å². The Morgan fingerprint density at radius 3 is 2.44 bits per heavy atom. The summed E-state index contributed by atoms with van der Waals surface area (Å²) in [6, 6.07) is 8.24. The van der Waals surface area contributed by atoms with Crippen molar-refractivity contribution < 1.29 is 4.79 Å². The Kier molecular flexibility index (Phi) is 5.37. The molecule has 1 N–H and O–H groups in total. The van der Waals surface area contributed by atoms with Crippen LogP contribution in [0.2, 0.25) is 0 Å². The Balaban J connectivity index is 2.95. The molecule has 1 aromatic carbocycles. The SMILES string of the molecule is C=CCNC(=O)/C=C(/c1ccc(C)cc1)C(C)C. The van der Waals surface area contributed by atoms with Crippen molar-refractivity contribution in [3.63, 3.8) is 0 Å². The summed E-state index contributed by atoms with van der Waals surface area (Å²) in [6.45, 7) is 10.3. The predicted octanol–water partition coefficient (Wildman–Crippen LogP) is 3.34. The van der Waals surface area contributed by atoms with Gasteiger partial charge in [-0.15, -0.1) is 6.58 Å². The molecule has 2 heteroatoms. The highest BCUT2D eigenvalue weighted by Crippen LogP contribution is 2.23. The molecule has 0 spiro atoms. The topological polar surface area (TPSA) is 29.1 Å². The highest BCUT2D eigenvalue weighted by Gasteiger charge is 2.08. The maximum atomic E-state index is 11.7. The van der Waals surface area contributed by atoms with E-state index in [0.29, 0.717) is 12.5 Å². The summed E-state index contributed by atoms with van der Waals surface area (Å²) in [5, 5.41) is 2.77. The largest absolute Gasteiger partial charge is 0.349 e. The van der Waals surface area contributed by atoms with Gasteiger partial charge in [-0.1, -0.05) is 49.8 Å². The van der Waals surface area contributed by atoms with Crippen LogP contribution in [0.1, 0.15) is 25.0 Å². The van der Waals surface area contributed by atoms with Crippen LogP contribution in [0, 0.1) is 12.8 Å². The smallest absolute Gasteiger partial charge is 0.244 e. The van der Waals surface area contributed by atoms with Crippen molar-refractivity contribution in [2.45, 2.75) is 20.8 Å². The molecule has 0 fully saturated rings. The minimum absolute atomic E-state index is 0.0702. The Bertz CT molecular complexity index is 441. The average molecular weight is 243 g/mol. The number of carbonyl (C=O) groups is 1. The second kappa shape index (κ2) is 6.80. The predicted molar refractivity (Wildman–Crippen MR) is 77.2 cm³/mol. The molecule has 1 rings (SSSR count). The maximum Gasteiger partial charge on any atom is 0.244 e. The van der Waals surface area contributed by atoms with E-state index >= 15 is 0 Å². The van der Waals surface area contributed by atoms with E-state index in [2.05, 4.69) is 56.9 Å². The molecule has 1 aromatic rings. The molecule has 0 aliphatic rings. The van der Waals surface area contributed by atoms with Gasteiger partial charge < -0.3 is 5.32 Å². The van der Waals surface area contributed by atoms with Crippen molar-refractivity contribution in [3.05, 3.63) is 54.1 Å². The highest BCUT2D eigenvalue weighted by atomic mass is 16.1. The summed E-state index contributed by atoms with van der Waals surface area (Å²) in [4.78, 5) is 11.7. The number of rotatable bonds is 5. The molecule has 0 bridgehead atoms. The van der Waals surface area contributed by atoms with Crippen LogP contribution in [-0.4, -0.2) is 12.5 Å². The van der Waals surface area contributed by atoms with E-state index in [0.717, 1.165) is 11.1 Å². The van der Waals surface area contributed by atoms with Crippen molar-refractivity contribution >= 4 is 11.5 Å². The molecule has 0 atom stereocenters. The van der Waals surface area contributed by atoms with Crippen LogP contribution >= 0.6 is 0 Å². The van der Waals surface area contributed by atoms with Crippen LogP contribution in [0.4, 0.5) is 0 Å². The lowest BCUT2D eigenvalue weighted by molar-refractivity contribution is -0.116. The van der Waals surface area contributed by atoms with E-state index in [9.17, 15) is 4.79 Å². The lowest BCUT2D eigenvalue weighted by Gasteiger charge is -2.12. The first kappa shape index (κ1) is 14.2. The molecule has 0 saturated carbocycles. The minimum atomic E-state index is -0.0702. The van der Waals surface area contributed by atoms with Gasteiger partial charge >= 0.3 is 0 Å². The third-order valence-corrected chi connectivity index (χ3v) is 2.71. The Labute approximate surface area is 109 Å². The minimum Gasteiger partial charge on any atom is -0.349 e. The van der Waals surface area contributed by atoms with E-state index in [1.165, 1.54) is 5.56 Å².